The first kappa shape index (κ1) is 17.3. The van der Waals surface area contributed by atoms with E-state index in [9.17, 15) is 9.36 Å². The second-order valence-corrected chi connectivity index (χ2v) is 6.28. The van der Waals surface area contributed by atoms with Gasteiger partial charge in [0.25, 0.3) is 5.56 Å². The molecule has 0 spiro atoms. The monoisotopic (exact) mass is 320 g/mol. The summed E-state index contributed by atoms with van der Waals surface area (Å²) in [7, 11) is -3.53. The Labute approximate surface area is 123 Å². The summed E-state index contributed by atoms with van der Waals surface area (Å²) in [6.07, 6.45) is 0. The van der Waals surface area contributed by atoms with Gasteiger partial charge in [0, 0.05) is 19.2 Å². The van der Waals surface area contributed by atoms with Crippen LogP contribution in [-0.4, -0.2) is 22.3 Å². The van der Waals surface area contributed by atoms with Gasteiger partial charge in [-0.25, -0.2) is 0 Å². The minimum Gasteiger partial charge on any atom is -0.312 e. The molecule has 1 aromatic heterocycles. The zero-order valence-corrected chi connectivity index (χ0v) is 14.0. The van der Waals surface area contributed by atoms with Crippen LogP contribution in [-0.2, 0) is 26.7 Å². The lowest BCUT2D eigenvalue weighted by molar-refractivity contribution is 0.228. The Bertz CT molecular complexity index is 613. The molecule has 8 heteroatoms. The summed E-state index contributed by atoms with van der Waals surface area (Å²) >= 11 is 5.30. The van der Waals surface area contributed by atoms with E-state index < -0.39 is 7.60 Å². The topological polar surface area (TPSA) is 62.5 Å². The molecule has 0 unspecified atom stereocenters. The van der Waals surface area contributed by atoms with Crippen LogP contribution in [0.15, 0.2) is 10.9 Å². The summed E-state index contributed by atoms with van der Waals surface area (Å²) in [5.41, 5.74) is -0.0692. The molecule has 6 nitrogen and oxygen atoms in total. The summed E-state index contributed by atoms with van der Waals surface area (Å²) < 4.78 is 26.8. The molecule has 0 aliphatic carbocycles. The predicted molar refractivity (Wildman–Crippen MR) is 81.4 cm³/mol. The Morgan fingerprint density at radius 2 is 1.60 bits per heavy atom. The van der Waals surface area contributed by atoms with Crippen LogP contribution in [0, 0.1) is 4.77 Å². The molecular weight excluding hydrogens is 299 g/mol. The number of aromatic nitrogens is 2. The smallest absolute Gasteiger partial charge is 0.312 e. The predicted octanol–water partition coefficient (Wildman–Crippen LogP) is 2.31. The molecule has 0 amide bonds. The maximum absolute atomic E-state index is 12.8. The van der Waals surface area contributed by atoms with Gasteiger partial charge in [-0.05, 0) is 39.9 Å². The molecule has 1 rings (SSSR count). The van der Waals surface area contributed by atoms with Gasteiger partial charge in [0.05, 0.1) is 13.2 Å². The SMILES string of the molecule is CCOP(=O)(OCC)c1cc(=O)n(CC)c(=S)n1CC. The average Bonchev–Trinajstić information content (AvgIpc) is 2.39. The largest absolute Gasteiger partial charge is 0.377 e. The van der Waals surface area contributed by atoms with Crippen molar-refractivity contribution in [3.63, 3.8) is 0 Å². The second-order valence-electron chi connectivity index (χ2n) is 3.94. The van der Waals surface area contributed by atoms with Crippen LogP contribution < -0.4 is 11.0 Å². The van der Waals surface area contributed by atoms with Crippen molar-refractivity contribution in [1.82, 2.24) is 9.13 Å². The molecule has 0 fully saturated rings. The van der Waals surface area contributed by atoms with E-state index in [1.54, 1.807) is 18.4 Å². The third-order valence-corrected chi connectivity index (χ3v) is 5.34. The van der Waals surface area contributed by atoms with Crippen LogP contribution >= 0.6 is 19.8 Å². The van der Waals surface area contributed by atoms with Gasteiger partial charge >= 0.3 is 7.60 Å². The second kappa shape index (κ2) is 7.31. The Hall–Kier alpha value is -0.750. The molecule has 0 saturated carbocycles. The lowest BCUT2D eigenvalue weighted by Gasteiger charge is -2.21. The highest BCUT2D eigenvalue weighted by molar-refractivity contribution is 7.71. The van der Waals surface area contributed by atoms with Crippen molar-refractivity contribution in [3.05, 3.63) is 21.2 Å². The number of rotatable bonds is 7. The molecule has 0 aliphatic rings. The first-order chi connectivity index (χ1) is 9.45. The molecule has 0 atom stereocenters. The van der Waals surface area contributed by atoms with E-state index in [1.165, 1.54) is 10.6 Å². The average molecular weight is 320 g/mol. The van der Waals surface area contributed by atoms with Gasteiger partial charge in [0.1, 0.15) is 5.44 Å². The number of hydrogen-bond acceptors (Lipinski definition) is 5. The first-order valence-electron chi connectivity index (χ1n) is 6.69. The van der Waals surface area contributed by atoms with Gasteiger partial charge in [0.15, 0.2) is 4.77 Å². The zero-order valence-electron chi connectivity index (χ0n) is 12.3. The van der Waals surface area contributed by atoms with E-state index in [0.29, 0.717) is 17.9 Å². The lowest BCUT2D eigenvalue weighted by atomic mass is 10.5. The Morgan fingerprint density at radius 1 is 1.10 bits per heavy atom. The van der Waals surface area contributed by atoms with Crippen molar-refractivity contribution in [2.24, 2.45) is 0 Å². The van der Waals surface area contributed by atoms with E-state index >= 15 is 0 Å². The summed E-state index contributed by atoms with van der Waals surface area (Å²) in [5.74, 6) is 0. The molecule has 114 valence electrons. The van der Waals surface area contributed by atoms with Crippen LogP contribution in [0.25, 0.3) is 0 Å². The summed E-state index contributed by atoms with van der Waals surface area (Å²) in [6, 6.07) is 1.30. The highest BCUT2D eigenvalue weighted by atomic mass is 32.1. The molecule has 0 aliphatic heterocycles. The van der Waals surface area contributed by atoms with Crippen LogP contribution in [0.2, 0.25) is 0 Å². The van der Waals surface area contributed by atoms with Gasteiger partial charge in [-0.2, -0.15) is 0 Å². The van der Waals surface area contributed by atoms with Crippen molar-refractivity contribution < 1.29 is 13.6 Å². The van der Waals surface area contributed by atoms with E-state index in [1.807, 2.05) is 13.8 Å². The zero-order chi connectivity index (χ0) is 15.3. The van der Waals surface area contributed by atoms with Crippen LogP contribution in [0.5, 0.6) is 0 Å². The van der Waals surface area contributed by atoms with Crippen molar-refractivity contribution in [1.29, 1.82) is 0 Å². The van der Waals surface area contributed by atoms with Gasteiger partial charge in [0.2, 0.25) is 0 Å². The molecule has 20 heavy (non-hydrogen) atoms. The molecule has 0 radical (unpaired) electrons. The highest BCUT2D eigenvalue weighted by Crippen LogP contribution is 2.46. The molecule has 0 N–H and O–H groups in total. The normalized spacial score (nSPS) is 11.8. The van der Waals surface area contributed by atoms with Crippen molar-refractivity contribution in [2.75, 3.05) is 13.2 Å². The molecule has 0 saturated heterocycles. The van der Waals surface area contributed by atoms with Gasteiger partial charge in [-0.1, -0.05) is 0 Å². The Balaban J connectivity index is 3.63. The molecule has 1 heterocycles. The van der Waals surface area contributed by atoms with Gasteiger partial charge in [-0.3, -0.25) is 13.9 Å². The minimum atomic E-state index is -3.53. The van der Waals surface area contributed by atoms with E-state index in [0.717, 1.165) is 0 Å². The Morgan fingerprint density at radius 3 is 2.00 bits per heavy atom. The fraction of sp³-hybridized carbons (Fsp3) is 0.667. The molecule has 0 bridgehead atoms. The maximum atomic E-state index is 12.8. The summed E-state index contributed by atoms with van der Waals surface area (Å²) in [5, 5.41) is 0. The van der Waals surface area contributed by atoms with E-state index in [2.05, 4.69) is 0 Å². The van der Waals surface area contributed by atoms with Crippen LogP contribution in [0.3, 0.4) is 0 Å². The lowest BCUT2D eigenvalue weighted by Crippen LogP contribution is -2.34. The van der Waals surface area contributed by atoms with Crippen molar-refractivity contribution in [3.8, 4) is 0 Å². The summed E-state index contributed by atoms with van der Waals surface area (Å²) in [6.45, 7) is 8.56. The van der Waals surface area contributed by atoms with Crippen molar-refractivity contribution >= 4 is 25.2 Å². The number of nitrogens with zero attached hydrogens (tertiary/aromatic N) is 2. The third kappa shape index (κ3) is 3.28. The first-order valence-corrected chi connectivity index (χ1v) is 8.64. The molecule has 0 aromatic carbocycles. The third-order valence-electron chi connectivity index (χ3n) is 2.77. The maximum Gasteiger partial charge on any atom is 0.377 e. The fourth-order valence-corrected chi connectivity index (χ4v) is 4.26. The van der Waals surface area contributed by atoms with Gasteiger partial charge < -0.3 is 13.6 Å². The summed E-state index contributed by atoms with van der Waals surface area (Å²) in [4.78, 5) is 12.1. The standard InChI is InChI=1S/C12H21N2O4PS/c1-5-13-10(15)9-11(14(6-2)12(13)20)19(16,17-7-3)18-8-4/h9H,5-8H2,1-4H3. The van der Waals surface area contributed by atoms with Crippen LogP contribution in [0.1, 0.15) is 27.7 Å². The van der Waals surface area contributed by atoms with E-state index in [4.69, 9.17) is 21.3 Å². The minimum absolute atomic E-state index is 0.225. The molecule has 1 aromatic rings. The number of hydrogen-bond donors (Lipinski definition) is 0. The van der Waals surface area contributed by atoms with E-state index in [-0.39, 0.29) is 24.2 Å². The van der Waals surface area contributed by atoms with Crippen LogP contribution in [0.4, 0.5) is 0 Å². The highest BCUT2D eigenvalue weighted by Gasteiger charge is 2.31. The van der Waals surface area contributed by atoms with Gasteiger partial charge in [-0.15, -0.1) is 0 Å². The molecular formula is C12H21N2O4PS. The fourth-order valence-electron chi connectivity index (χ4n) is 1.93. The quantitative estimate of drug-likeness (QED) is 0.570. The van der Waals surface area contributed by atoms with Crippen molar-refractivity contribution in [2.45, 2.75) is 40.8 Å². The Kier molecular flexibility index (Phi) is 6.33.